The summed E-state index contributed by atoms with van der Waals surface area (Å²) in [5.41, 5.74) is 5.51. The molecule has 2 aromatic carbocycles. The molecule has 0 radical (unpaired) electrons. The van der Waals surface area contributed by atoms with E-state index in [0.717, 1.165) is 34.0 Å². The molecule has 134 valence electrons. The van der Waals surface area contributed by atoms with Crippen molar-refractivity contribution in [2.45, 2.75) is 27.7 Å². The van der Waals surface area contributed by atoms with Crippen molar-refractivity contribution in [1.82, 2.24) is 9.78 Å². The standard InChI is InChI=1S/C21H23N3O2/c1-14-8-7-9-15(2)21(14)26-13-20(25)22-18-10-5-6-11-19(18)24-17(4)12-16(3)23-24/h5-12H,13H2,1-4H3,(H,22,25). The van der Waals surface area contributed by atoms with Crippen LogP contribution in [-0.4, -0.2) is 22.3 Å². The molecule has 0 fully saturated rings. The Morgan fingerprint density at radius 3 is 2.38 bits per heavy atom. The molecular weight excluding hydrogens is 326 g/mol. The van der Waals surface area contributed by atoms with Gasteiger partial charge in [-0.15, -0.1) is 0 Å². The predicted octanol–water partition coefficient (Wildman–Crippen LogP) is 4.12. The number of benzene rings is 2. The highest BCUT2D eigenvalue weighted by Gasteiger charge is 2.12. The molecule has 0 spiro atoms. The predicted molar refractivity (Wildman–Crippen MR) is 103 cm³/mol. The lowest BCUT2D eigenvalue weighted by molar-refractivity contribution is -0.118. The minimum absolute atomic E-state index is 0.0445. The van der Waals surface area contributed by atoms with Crippen LogP contribution in [0.15, 0.2) is 48.5 Å². The molecule has 0 aliphatic heterocycles. The van der Waals surface area contributed by atoms with Crippen LogP contribution in [0.25, 0.3) is 5.69 Å². The lowest BCUT2D eigenvalue weighted by Crippen LogP contribution is -2.21. The van der Waals surface area contributed by atoms with Crippen LogP contribution in [0.1, 0.15) is 22.5 Å². The molecule has 26 heavy (non-hydrogen) atoms. The van der Waals surface area contributed by atoms with E-state index in [1.165, 1.54) is 0 Å². The number of anilines is 1. The van der Waals surface area contributed by atoms with Crippen molar-refractivity contribution in [2.24, 2.45) is 0 Å². The van der Waals surface area contributed by atoms with Gasteiger partial charge >= 0.3 is 0 Å². The molecule has 0 unspecified atom stereocenters. The smallest absolute Gasteiger partial charge is 0.262 e. The molecule has 1 heterocycles. The van der Waals surface area contributed by atoms with Gasteiger partial charge in [-0.05, 0) is 57.0 Å². The maximum Gasteiger partial charge on any atom is 0.262 e. The summed E-state index contributed by atoms with van der Waals surface area (Å²) in [7, 11) is 0. The van der Waals surface area contributed by atoms with E-state index in [4.69, 9.17) is 4.74 Å². The second kappa shape index (κ2) is 7.44. The van der Waals surface area contributed by atoms with Crippen LogP contribution in [0.3, 0.4) is 0 Å². The summed E-state index contributed by atoms with van der Waals surface area (Å²) in [6, 6.07) is 15.5. The Morgan fingerprint density at radius 2 is 1.73 bits per heavy atom. The molecule has 1 amide bonds. The first-order chi connectivity index (χ1) is 12.5. The first-order valence-electron chi connectivity index (χ1n) is 8.57. The zero-order valence-corrected chi connectivity index (χ0v) is 15.5. The van der Waals surface area contributed by atoms with Gasteiger partial charge in [0.15, 0.2) is 6.61 Å². The molecule has 1 aromatic heterocycles. The van der Waals surface area contributed by atoms with Gasteiger partial charge in [0.25, 0.3) is 5.91 Å². The van der Waals surface area contributed by atoms with Crippen molar-refractivity contribution in [3.63, 3.8) is 0 Å². The van der Waals surface area contributed by atoms with Gasteiger partial charge in [0.05, 0.1) is 17.1 Å². The van der Waals surface area contributed by atoms with E-state index in [9.17, 15) is 4.79 Å². The van der Waals surface area contributed by atoms with Crippen LogP contribution in [0, 0.1) is 27.7 Å². The number of carbonyl (C=O) groups is 1. The highest BCUT2D eigenvalue weighted by atomic mass is 16.5. The highest BCUT2D eigenvalue weighted by Crippen LogP contribution is 2.23. The first-order valence-corrected chi connectivity index (χ1v) is 8.57. The molecule has 1 N–H and O–H groups in total. The Balaban J connectivity index is 1.75. The minimum atomic E-state index is -0.207. The first kappa shape index (κ1) is 17.7. The highest BCUT2D eigenvalue weighted by molar-refractivity contribution is 5.93. The zero-order valence-electron chi connectivity index (χ0n) is 15.5. The molecular formula is C21H23N3O2. The average Bonchev–Trinajstić information content (AvgIpc) is 2.93. The Bertz CT molecular complexity index is 924. The van der Waals surface area contributed by atoms with Gasteiger partial charge in [-0.3, -0.25) is 4.79 Å². The molecule has 0 aliphatic carbocycles. The van der Waals surface area contributed by atoms with Crippen LogP contribution in [0.5, 0.6) is 5.75 Å². The fraction of sp³-hybridized carbons (Fsp3) is 0.238. The lowest BCUT2D eigenvalue weighted by atomic mass is 10.1. The van der Waals surface area contributed by atoms with E-state index in [1.54, 1.807) is 0 Å². The molecule has 3 rings (SSSR count). The number of rotatable bonds is 5. The summed E-state index contributed by atoms with van der Waals surface area (Å²) in [6.07, 6.45) is 0. The number of aromatic nitrogens is 2. The molecule has 0 aliphatic rings. The summed E-state index contributed by atoms with van der Waals surface area (Å²) in [4.78, 5) is 12.4. The average molecular weight is 349 g/mol. The van der Waals surface area contributed by atoms with E-state index in [-0.39, 0.29) is 12.5 Å². The van der Waals surface area contributed by atoms with Gasteiger partial charge in [0, 0.05) is 5.69 Å². The molecule has 3 aromatic rings. The molecule has 5 heteroatoms. The Morgan fingerprint density at radius 1 is 1.04 bits per heavy atom. The van der Waals surface area contributed by atoms with E-state index < -0.39 is 0 Å². The van der Waals surface area contributed by atoms with Gasteiger partial charge in [0.1, 0.15) is 5.75 Å². The number of hydrogen-bond donors (Lipinski definition) is 1. The molecule has 0 saturated carbocycles. The molecule has 0 saturated heterocycles. The third kappa shape index (κ3) is 3.77. The summed E-state index contributed by atoms with van der Waals surface area (Å²) >= 11 is 0. The van der Waals surface area contributed by atoms with Gasteiger partial charge in [-0.25, -0.2) is 4.68 Å². The number of para-hydroxylation sites is 3. The van der Waals surface area contributed by atoms with Crippen molar-refractivity contribution in [3.05, 3.63) is 71.0 Å². The van der Waals surface area contributed by atoms with E-state index in [1.807, 2.05) is 80.9 Å². The molecule has 0 atom stereocenters. The number of hydrogen-bond acceptors (Lipinski definition) is 3. The molecule has 0 bridgehead atoms. The van der Waals surface area contributed by atoms with Crippen molar-refractivity contribution in [2.75, 3.05) is 11.9 Å². The number of nitrogens with one attached hydrogen (secondary N) is 1. The fourth-order valence-electron chi connectivity index (χ4n) is 2.99. The van der Waals surface area contributed by atoms with Gasteiger partial charge in [0.2, 0.25) is 0 Å². The number of aryl methyl sites for hydroxylation is 4. The third-order valence-corrected chi connectivity index (χ3v) is 4.17. The number of ether oxygens (including phenoxy) is 1. The topological polar surface area (TPSA) is 56.2 Å². The summed E-state index contributed by atoms with van der Waals surface area (Å²) in [6.45, 7) is 7.83. The number of nitrogens with zero attached hydrogens (tertiary/aromatic N) is 2. The van der Waals surface area contributed by atoms with Crippen molar-refractivity contribution < 1.29 is 9.53 Å². The van der Waals surface area contributed by atoms with E-state index in [0.29, 0.717) is 5.69 Å². The van der Waals surface area contributed by atoms with Gasteiger partial charge in [-0.1, -0.05) is 30.3 Å². The fourth-order valence-corrected chi connectivity index (χ4v) is 2.99. The SMILES string of the molecule is Cc1cc(C)n(-c2ccccc2NC(=O)COc2c(C)cccc2C)n1. The second-order valence-corrected chi connectivity index (χ2v) is 6.41. The Labute approximate surface area is 153 Å². The monoisotopic (exact) mass is 349 g/mol. The van der Waals surface area contributed by atoms with Crippen molar-refractivity contribution in [3.8, 4) is 11.4 Å². The Kier molecular flexibility index (Phi) is 5.07. The van der Waals surface area contributed by atoms with Crippen LogP contribution >= 0.6 is 0 Å². The zero-order chi connectivity index (χ0) is 18.7. The van der Waals surface area contributed by atoms with E-state index in [2.05, 4.69) is 10.4 Å². The van der Waals surface area contributed by atoms with Crippen LogP contribution in [0.4, 0.5) is 5.69 Å². The largest absolute Gasteiger partial charge is 0.483 e. The number of carbonyl (C=O) groups excluding carboxylic acids is 1. The van der Waals surface area contributed by atoms with Crippen LogP contribution in [0.2, 0.25) is 0 Å². The van der Waals surface area contributed by atoms with Gasteiger partial charge < -0.3 is 10.1 Å². The lowest BCUT2D eigenvalue weighted by Gasteiger charge is -2.14. The number of amides is 1. The molecule has 5 nitrogen and oxygen atoms in total. The van der Waals surface area contributed by atoms with Crippen LogP contribution < -0.4 is 10.1 Å². The van der Waals surface area contributed by atoms with Crippen molar-refractivity contribution in [1.29, 1.82) is 0 Å². The maximum absolute atomic E-state index is 12.4. The van der Waals surface area contributed by atoms with Gasteiger partial charge in [-0.2, -0.15) is 5.10 Å². The summed E-state index contributed by atoms with van der Waals surface area (Å²) in [5.74, 6) is 0.552. The van der Waals surface area contributed by atoms with Crippen molar-refractivity contribution >= 4 is 11.6 Å². The van der Waals surface area contributed by atoms with Crippen LogP contribution in [-0.2, 0) is 4.79 Å². The quantitative estimate of drug-likeness (QED) is 0.754. The summed E-state index contributed by atoms with van der Waals surface area (Å²) in [5, 5.41) is 7.43. The Hall–Kier alpha value is -3.08. The van der Waals surface area contributed by atoms with E-state index >= 15 is 0 Å². The normalized spacial score (nSPS) is 10.6. The maximum atomic E-state index is 12.4. The summed E-state index contributed by atoms with van der Waals surface area (Å²) < 4.78 is 7.57. The third-order valence-electron chi connectivity index (χ3n) is 4.17. The second-order valence-electron chi connectivity index (χ2n) is 6.41. The minimum Gasteiger partial charge on any atom is -0.483 e.